The molecular weight excluding hydrogens is 340 g/mol. The molecule has 3 rings (SSSR count). The number of anilines is 1. The molecule has 27 heavy (non-hydrogen) atoms. The number of rotatable bonds is 9. The Morgan fingerprint density at radius 1 is 1.26 bits per heavy atom. The first-order chi connectivity index (χ1) is 13.2. The van der Waals surface area contributed by atoms with E-state index in [1.165, 1.54) is 18.4 Å². The smallest absolute Gasteiger partial charge is 0.227 e. The van der Waals surface area contributed by atoms with Crippen LogP contribution in [0.25, 0.3) is 0 Å². The predicted molar refractivity (Wildman–Crippen MR) is 109 cm³/mol. The van der Waals surface area contributed by atoms with E-state index < -0.39 is 0 Å². The molecule has 0 unspecified atom stereocenters. The second kappa shape index (κ2) is 9.22. The molecule has 148 valence electrons. The van der Waals surface area contributed by atoms with E-state index in [-0.39, 0.29) is 5.91 Å². The third-order valence-electron chi connectivity index (χ3n) is 5.57. The summed E-state index contributed by atoms with van der Waals surface area (Å²) >= 11 is 0. The highest BCUT2D eigenvalue weighted by Crippen LogP contribution is 2.48. The lowest BCUT2D eigenvalue weighted by molar-refractivity contribution is -0.117. The van der Waals surface area contributed by atoms with Crippen LogP contribution < -0.4 is 15.5 Å². The number of ether oxygens (including phenoxy) is 1. The van der Waals surface area contributed by atoms with Gasteiger partial charge in [-0.1, -0.05) is 12.1 Å². The van der Waals surface area contributed by atoms with Crippen molar-refractivity contribution in [2.75, 3.05) is 38.3 Å². The summed E-state index contributed by atoms with van der Waals surface area (Å²) in [5.74, 6) is 1.06. The van der Waals surface area contributed by atoms with E-state index in [1.54, 1.807) is 7.05 Å². The first-order valence-corrected chi connectivity index (χ1v) is 10.1. The lowest BCUT2D eigenvalue weighted by atomic mass is 10.0. The summed E-state index contributed by atoms with van der Waals surface area (Å²) in [6.07, 6.45) is 5.26. The van der Waals surface area contributed by atoms with E-state index in [2.05, 4.69) is 27.8 Å². The number of hydrogen-bond acceptors (Lipinski definition) is 3. The molecule has 2 fully saturated rings. The van der Waals surface area contributed by atoms with Gasteiger partial charge in [0.05, 0.1) is 0 Å². The molecule has 1 aliphatic carbocycles. The molecule has 1 aromatic carbocycles. The van der Waals surface area contributed by atoms with Gasteiger partial charge in [0.1, 0.15) is 0 Å². The molecule has 1 saturated carbocycles. The van der Waals surface area contributed by atoms with Crippen molar-refractivity contribution in [3.05, 3.63) is 29.8 Å². The third-order valence-corrected chi connectivity index (χ3v) is 5.57. The summed E-state index contributed by atoms with van der Waals surface area (Å²) in [7, 11) is 1.80. The van der Waals surface area contributed by atoms with Crippen LogP contribution in [-0.4, -0.2) is 45.2 Å². The highest BCUT2D eigenvalue weighted by atomic mass is 16.5. The molecule has 1 aliphatic heterocycles. The fourth-order valence-corrected chi connectivity index (χ4v) is 3.52. The maximum atomic E-state index is 11.8. The summed E-state index contributed by atoms with van der Waals surface area (Å²) < 4.78 is 5.50. The van der Waals surface area contributed by atoms with Crippen molar-refractivity contribution >= 4 is 17.6 Å². The molecule has 0 spiro atoms. The first kappa shape index (κ1) is 19.7. The third kappa shape index (κ3) is 5.45. The minimum Gasteiger partial charge on any atom is -0.382 e. The van der Waals surface area contributed by atoms with Gasteiger partial charge in [-0.15, -0.1) is 0 Å². The Kier molecular flexibility index (Phi) is 6.72. The minimum atomic E-state index is 0.226. The zero-order valence-corrected chi connectivity index (χ0v) is 16.6. The Morgan fingerprint density at radius 3 is 2.63 bits per heavy atom. The number of guanidine groups is 1. The van der Waals surface area contributed by atoms with E-state index in [4.69, 9.17) is 4.74 Å². The van der Waals surface area contributed by atoms with Gasteiger partial charge in [-0.2, -0.15) is 0 Å². The van der Waals surface area contributed by atoms with Gasteiger partial charge in [0.25, 0.3) is 0 Å². The standard InChI is InChI=1S/C21H32N4O2/c1-3-27-14-12-21(10-11-21)16-24-20(22-2)23-15-17-6-8-18(9-7-17)25-13-4-5-19(25)26/h6-9H,3-5,10-16H2,1-2H3,(H2,22,23,24). The number of carbonyl (C=O) groups excluding carboxylic acids is 1. The monoisotopic (exact) mass is 372 g/mol. The van der Waals surface area contributed by atoms with E-state index in [0.717, 1.165) is 50.8 Å². The Bertz CT molecular complexity index is 653. The Morgan fingerprint density at radius 2 is 2.04 bits per heavy atom. The van der Waals surface area contributed by atoms with Crippen LogP contribution in [0.1, 0.15) is 44.6 Å². The van der Waals surface area contributed by atoms with Crippen molar-refractivity contribution in [3.8, 4) is 0 Å². The van der Waals surface area contributed by atoms with E-state index in [1.807, 2.05) is 24.0 Å². The highest BCUT2D eigenvalue weighted by Gasteiger charge is 2.41. The van der Waals surface area contributed by atoms with Crippen molar-refractivity contribution in [1.29, 1.82) is 0 Å². The van der Waals surface area contributed by atoms with Gasteiger partial charge in [-0.3, -0.25) is 9.79 Å². The molecule has 1 aromatic rings. The fraction of sp³-hybridized carbons (Fsp3) is 0.619. The molecule has 1 saturated heterocycles. The summed E-state index contributed by atoms with van der Waals surface area (Å²) in [5.41, 5.74) is 2.55. The van der Waals surface area contributed by atoms with Crippen LogP contribution in [-0.2, 0) is 16.1 Å². The molecule has 6 heteroatoms. The van der Waals surface area contributed by atoms with Gasteiger partial charge in [0.15, 0.2) is 5.96 Å². The summed E-state index contributed by atoms with van der Waals surface area (Å²) in [6.45, 7) is 6.15. The first-order valence-electron chi connectivity index (χ1n) is 10.1. The lowest BCUT2D eigenvalue weighted by Crippen LogP contribution is -2.40. The van der Waals surface area contributed by atoms with Crippen molar-refractivity contribution < 1.29 is 9.53 Å². The fourth-order valence-electron chi connectivity index (χ4n) is 3.52. The molecule has 0 atom stereocenters. The predicted octanol–water partition coefficient (Wildman–Crippen LogP) is 2.69. The van der Waals surface area contributed by atoms with E-state index in [0.29, 0.717) is 18.4 Å². The minimum absolute atomic E-state index is 0.226. The van der Waals surface area contributed by atoms with Gasteiger partial charge in [-0.05, 0) is 55.7 Å². The van der Waals surface area contributed by atoms with Crippen LogP contribution in [0.5, 0.6) is 0 Å². The van der Waals surface area contributed by atoms with Gasteiger partial charge in [0, 0.05) is 52.0 Å². The summed E-state index contributed by atoms with van der Waals surface area (Å²) in [6, 6.07) is 8.21. The van der Waals surface area contributed by atoms with Crippen LogP contribution in [0, 0.1) is 5.41 Å². The molecule has 2 N–H and O–H groups in total. The van der Waals surface area contributed by atoms with Crippen LogP contribution >= 0.6 is 0 Å². The second-order valence-corrected chi connectivity index (χ2v) is 7.54. The largest absolute Gasteiger partial charge is 0.382 e. The zero-order chi connectivity index (χ0) is 19.1. The Hall–Kier alpha value is -2.08. The number of nitrogens with one attached hydrogen (secondary N) is 2. The lowest BCUT2D eigenvalue weighted by Gasteiger charge is -2.19. The SMILES string of the molecule is CCOCCC1(CNC(=NC)NCc2ccc(N3CCCC3=O)cc2)CC1. The molecule has 2 aliphatic rings. The molecule has 1 amide bonds. The van der Waals surface area contributed by atoms with E-state index >= 15 is 0 Å². The molecule has 0 radical (unpaired) electrons. The zero-order valence-electron chi connectivity index (χ0n) is 16.6. The van der Waals surface area contributed by atoms with Crippen LogP contribution in [0.4, 0.5) is 5.69 Å². The number of hydrogen-bond donors (Lipinski definition) is 2. The van der Waals surface area contributed by atoms with Crippen molar-refractivity contribution in [2.45, 2.75) is 45.6 Å². The Labute approximate surface area is 162 Å². The maximum Gasteiger partial charge on any atom is 0.227 e. The van der Waals surface area contributed by atoms with E-state index in [9.17, 15) is 4.79 Å². The molecule has 0 aromatic heterocycles. The van der Waals surface area contributed by atoms with Crippen molar-refractivity contribution in [3.63, 3.8) is 0 Å². The molecular formula is C21H32N4O2. The number of aliphatic imine (C=N–C) groups is 1. The number of benzene rings is 1. The average Bonchev–Trinajstić information content (AvgIpc) is 3.33. The Balaban J connectivity index is 1.43. The topological polar surface area (TPSA) is 66.0 Å². The van der Waals surface area contributed by atoms with Crippen LogP contribution in [0.3, 0.4) is 0 Å². The average molecular weight is 373 g/mol. The molecule has 6 nitrogen and oxygen atoms in total. The molecule has 1 heterocycles. The number of amides is 1. The normalized spacial score (nSPS) is 18.7. The van der Waals surface area contributed by atoms with Crippen molar-refractivity contribution in [2.24, 2.45) is 10.4 Å². The van der Waals surface area contributed by atoms with Gasteiger partial charge in [0.2, 0.25) is 5.91 Å². The van der Waals surface area contributed by atoms with Gasteiger partial charge < -0.3 is 20.3 Å². The van der Waals surface area contributed by atoms with Gasteiger partial charge >= 0.3 is 0 Å². The van der Waals surface area contributed by atoms with Crippen molar-refractivity contribution in [1.82, 2.24) is 10.6 Å². The van der Waals surface area contributed by atoms with Gasteiger partial charge in [-0.25, -0.2) is 0 Å². The number of carbonyl (C=O) groups is 1. The second-order valence-electron chi connectivity index (χ2n) is 7.54. The summed E-state index contributed by atoms with van der Waals surface area (Å²) in [5, 5.41) is 6.84. The number of nitrogens with zero attached hydrogens (tertiary/aromatic N) is 2. The summed E-state index contributed by atoms with van der Waals surface area (Å²) in [4.78, 5) is 18.0. The highest BCUT2D eigenvalue weighted by molar-refractivity contribution is 5.95. The maximum absolute atomic E-state index is 11.8. The van der Waals surface area contributed by atoms with Crippen LogP contribution in [0.15, 0.2) is 29.3 Å². The molecule has 0 bridgehead atoms. The quantitative estimate of drug-likeness (QED) is 0.397. The van der Waals surface area contributed by atoms with Crippen LogP contribution in [0.2, 0.25) is 0 Å².